The molecule has 1 amide bonds. The van der Waals surface area contributed by atoms with Crippen LogP contribution in [0, 0.1) is 5.41 Å². The number of rotatable bonds is 7. The summed E-state index contributed by atoms with van der Waals surface area (Å²) in [7, 11) is 5.04. The van der Waals surface area contributed by atoms with Gasteiger partial charge in [0.25, 0.3) is 0 Å². The number of aryl methyl sites for hydroxylation is 1. The minimum Gasteiger partial charge on any atom is -0.496 e. The van der Waals surface area contributed by atoms with Gasteiger partial charge in [0.1, 0.15) is 11.5 Å². The topological polar surface area (TPSA) is 118 Å². The summed E-state index contributed by atoms with van der Waals surface area (Å²) in [6, 6.07) is 15.7. The van der Waals surface area contributed by atoms with Crippen molar-refractivity contribution in [3.63, 3.8) is 0 Å². The highest BCUT2D eigenvalue weighted by Crippen LogP contribution is 2.43. The Morgan fingerprint density at radius 2 is 1.70 bits per heavy atom. The zero-order chi connectivity index (χ0) is 29.0. The highest BCUT2D eigenvalue weighted by molar-refractivity contribution is 5.97. The summed E-state index contributed by atoms with van der Waals surface area (Å²) >= 11 is 0. The Morgan fingerprint density at radius 1 is 1.02 bits per heavy atom. The fourth-order valence-corrected chi connectivity index (χ4v) is 5.19. The molecule has 2 N–H and O–H groups in total. The van der Waals surface area contributed by atoms with Gasteiger partial charge in [-0.2, -0.15) is 0 Å². The van der Waals surface area contributed by atoms with Crippen molar-refractivity contribution in [2.45, 2.75) is 32.7 Å². The van der Waals surface area contributed by atoms with E-state index in [1.165, 1.54) is 43.8 Å². The van der Waals surface area contributed by atoms with E-state index >= 15 is 0 Å². The number of carbonyl (C=O) groups is 3. The average Bonchev–Trinajstić information content (AvgIpc) is 3.50. The second-order valence-corrected chi connectivity index (χ2v) is 10.2. The van der Waals surface area contributed by atoms with E-state index in [-0.39, 0.29) is 17.9 Å². The molecule has 210 valence electrons. The van der Waals surface area contributed by atoms with Gasteiger partial charge in [-0.3, -0.25) is 9.59 Å². The molecule has 0 bridgehead atoms. The predicted octanol–water partition coefficient (Wildman–Crippen LogP) is 4.89. The first-order valence-electron chi connectivity index (χ1n) is 13.0. The quantitative estimate of drug-likeness (QED) is 0.433. The molecule has 1 atom stereocenters. The minimum absolute atomic E-state index is 0.0281. The number of para-hydroxylation sites is 1. The highest BCUT2D eigenvalue weighted by atomic mass is 16.5. The Labute approximate surface area is 232 Å². The Morgan fingerprint density at radius 3 is 2.25 bits per heavy atom. The minimum atomic E-state index is -1.32. The molecular weight excluding hydrogens is 512 g/mol. The van der Waals surface area contributed by atoms with Crippen LogP contribution in [-0.2, 0) is 28.0 Å². The fourth-order valence-electron chi connectivity index (χ4n) is 5.19. The Bertz CT molecular complexity index is 1490. The molecule has 1 saturated heterocycles. The van der Waals surface area contributed by atoms with Gasteiger partial charge in [0.2, 0.25) is 5.91 Å². The number of carbonyl (C=O) groups excluding carboxylic acids is 1. The van der Waals surface area contributed by atoms with Crippen LogP contribution in [0.15, 0.2) is 66.3 Å². The molecule has 1 fully saturated rings. The third-order valence-corrected chi connectivity index (χ3v) is 7.42. The van der Waals surface area contributed by atoms with Crippen LogP contribution in [0.2, 0.25) is 0 Å². The number of ether oxygens (including phenoxy) is 2. The van der Waals surface area contributed by atoms with E-state index in [1.807, 2.05) is 17.0 Å². The number of fused-ring (bicyclic) bond motifs is 1. The van der Waals surface area contributed by atoms with Crippen LogP contribution in [0.4, 0.5) is 0 Å². The maximum Gasteiger partial charge on any atom is 0.331 e. The fraction of sp³-hybridized carbons (Fsp3) is 0.323. The summed E-state index contributed by atoms with van der Waals surface area (Å²) in [5, 5.41) is 20.1. The first-order chi connectivity index (χ1) is 19.1. The van der Waals surface area contributed by atoms with Gasteiger partial charge in [-0.05, 0) is 61.1 Å². The van der Waals surface area contributed by atoms with Crippen molar-refractivity contribution in [1.29, 1.82) is 0 Å². The predicted molar refractivity (Wildman–Crippen MR) is 151 cm³/mol. The monoisotopic (exact) mass is 546 g/mol. The normalized spacial score (nSPS) is 18.5. The second-order valence-electron chi connectivity index (χ2n) is 10.2. The number of allylic oxidation sites excluding steroid dienone is 2. The van der Waals surface area contributed by atoms with Gasteiger partial charge in [0.05, 0.1) is 31.7 Å². The lowest BCUT2D eigenvalue weighted by molar-refractivity contribution is -0.145. The summed E-state index contributed by atoms with van der Waals surface area (Å²) in [5.74, 6) is -0.986. The van der Waals surface area contributed by atoms with E-state index in [9.17, 15) is 24.6 Å². The van der Waals surface area contributed by atoms with Crippen molar-refractivity contribution in [2.24, 2.45) is 12.5 Å². The van der Waals surface area contributed by atoms with E-state index < -0.39 is 17.4 Å². The van der Waals surface area contributed by atoms with Crippen LogP contribution >= 0.6 is 0 Å². The van der Waals surface area contributed by atoms with Gasteiger partial charge in [-0.25, -0.2) is 4.79 Å². The number of aromatic nitrogens is 1. The molecule has 3 aromatic rings. The van der Waals surface area contributed by atoms with Crippen LogP contribution in [0.3, 0.4) is 0 Å². The Kier molecular flexibility index (Phi) is 8.32. The van der Waals surface area contributed by atoms with Crippen LogP contribution < -0.4 is 9.47 Å². The number of nitrogens with zero attached hydrogens (tertiary/aromatic N) is 2. The standard InChI is InChI=1S/C17H18O6.C14H16N2O/c1-17(16(20)21)8-10(7-11(9-17)15(18)19)14-12(22-2)5-4-6-13(14)23-3;1-15-12(10-16-8-4-7-14(16)17)9-11-5-2-3-6-13(11)15/h4-8H,9H2,1-3H3,(H,18,19)(H,20,21);2-3,5-6,9H,4,7-8,10H2,1H3. The molecule has 2 aliphatic rings. The molecular formula is C31H34N2O7. The third kappa shape index (κ3) is 5.73. The molecule has 1 aliphatic heterocycles. The molecule has 2 aromatic carbocycles. The van der Waals surface area contributed by atoms with E-state index in [0.29, 0.717) is 29.1 Å². The number of likely N-dealkylation sites (tertiary alicyclic amines) is 1. The van der Waals surface area contributed by atoms with Gasteiger partial charge in [0, 0.05) is 36.8 Å². The van der Waals surface area contributed by atoms with Crippen LogP contribution in [0.5, 0.6) is 11.5 Å². The van der Waals surface area contributed by atoms with E-state index in [1.54, 1.807) is 24.3 Å². The first kappa shape index (κ1) is 28.5. The summed E-state index contributed by atoms with van der Waals surface area (Å²) in [6.07, 6.45) is 4.64. The van der Waals surface area contributed by atoms with Crippen LogP contribution in [-0.4, -0.2) is 58.3 Å². The average molecular weight is 547 g/mol. The SMILES string of the molecule is COc1cccc(OC)c1C1=CC(C)(C(=O)O)CC(C(=O)O)=C1.Cn1c(CN2CCCC2=O)cc2ccccc21. The van der Waals surface area contributed by atoms with Crippen molar-refractivity contribution in [3.8, 4) is 11.5 Å². The first-order valence-corrected chi connectivity index (χ1v) is 13.0. The van der Waals surface area contributed by atoms with E-state index in [2.05, 4.69) is 29.8 Å². The molecule has 9 nitrogen and oxygen atoms in total. The molecule has 0 saturated carbocycles. The largest absolute Gasteiger partial charge is 0.496 e. The molecule has 0 radical (unpaired) electrons. The number of amides is 1. The van der Waals surface area contributed by atoms with Crippen molar-refractivity contribution >= 4 is 34.3 Å². The number of methoxy groups -OCH3 is 2. The summed E-state index contributed by atoms with van der Waals surface area (Å²) in [5.41, 5.74) is 2.14. The number of hydrogen-bond donors (Lipinski definition) is 2. The lowest BCUT2D eigenvalue weighted by atomic mass is 9.76. The summed E-state index contributed by atoms with van der Waals surface area (Å²) in [6.45, 7) is 3.14. The highest BCUT2D eigenvalue weighted by Gasteiger charge is 2.37. The number of benzene rings is 2. The number of carboxylic acids is 2. The van der Waals surface area contributed by atoms with E-state index in [0.717, 1.165) is 19.5 Å². The van der Waals surface area contributed by atoms with Gasteiger partial charge >= 0.3 is 11.9 Å². The Balaban J connectivity index is 0.000000192. The molecule has 0 spiro atoms. The number of hydrogen-bond acceptors (Lipinski definition) is 5. The maximum absolute atomic E-state index is 11.6. The maximum atomic E-state index is 11.6. The van der Waals surface area contributed by atoms with Crippen molar-refractivity contribution in [2.75, 3.05) is 20.8 Å². The third-order valence-electron chi connectivity index (χ3n) is 7.42. The van der Waals surface area contributed by atoms with Gasteiger partial charge in [-0.15, -0.1) is 0 Å². The number of carboxylic acid groups (broad SMARTS) is 2. The molecule has 1 unspecified atom stereocenters. The second kappa shape index (κ2) is 11.7. The van der Waals surface area contributed by atoms with Crippen molar-refractivity contribution < 1.29 is 34.1 Å². The molecule has 40 heavy (non-hydrogen) atoms. The zero-order valence-electron chi connectivity index (χ0n) is 23.1. The van der Waals surface area contributed by atoms with Gasteiger partial charge in [-0.1, -0.05) is 30.3 Å². The van der Waals surface area contributed by atoms with Gasteiger partial charge < -0.3 is 29.2 Å². The molecule has 5 rings (SSSR count). The summed E-state index contributed by atoms with van der Waals surface area (Å²) in [4.78, 5) is 36.6. The van der Waals surface area contributed by atoms with Crippen LogP contribution in [0.25, 0.3) is 16.5 Å². The van der Waals surface area contributed by atoms with Crippen molar-refractivity contribution in [3.05, 3.63) is 77.5 Å². The molecule has 2 heterocycles. The van der Waals surface area contributed by atoms with Crippen molar-refractivity contribution in [1.82, 2.24) is 9.47 Å². The zero-order valence-corrected chi connectivity index (χ0v) is 23.1. The number of aliphatic carboxylic acids is 2. The lowest BCUT2D eigenvalue weighted by Crippen LogP contribution is -2.29. The lowest BCUT2D eigenvalue weighted by Gasteiger charge is -2.27. The van der Waals surface area contributed by atoms with E-state index in [4.69, 9.17) is 9.47 Å². The smallest absolute Gasteiger partial charge is 0.331 e. The molecule has 1 aliphatic carbocycles. The van der Waals surface area contributed by atoms with Crippen LogP contribution in [0.1, 0.15) is 37.4 Å². The summed E-state index contributed by atoms with van der Waals surface area (Å²) < 4.78 is 12.8. The Hall–Kier alpha value is -4.53. The van der Waals surface area contributed by atoms with Gasteiger partial charge in [0.15, 0.2) is 0 Å². The molecule has 9 heteroatoms. The molecule has 1 aromatic heterocycles.